The first-order valence-electron chi connectivity index (χ1n) is 4.81. The molecule has 0 aliphatic heterocycles. The minimum absolute atomic E-state index is 0.00178. The maximum Gasteiger partial charge on any atom is 0.416 e. The number of hydrogen-bond acceptors (Lipinski definition) is 4. The highest BCUT2D eigenvalue weighted by molar-refractivity contribution is 7.99. The highest BCUT2D eigenvalue weighted by Gasteiger charge is 2.31. The number of hydrogen-bond donors (Lipinski definition) is 1. The molecule has 0 saturated heterocycles. The van der Waals surface area contributed by atoms with Crippen molar-refractivity contribution < 1.29 is 13.2 Å². The number of H-pyrrole nitrogens is 1. The van der Waals surface area contributed by atoms with E-state index in [1.165, 1.54) is 7.05 Å². The lowest BCUT2D eigenvalue weighted by Gasteiger charge is -2.08. The summed E-state index contributed by atoms with van der Waals surface area (Å²) in [5, 5.41) is 5.74. The molecule has 0 fully saturated rings. The third kappa shape index (κ3) is 3.10. The third-order valence-corrected chi connectivity index (χ3v) is 3.29. The fraction of sp³-hybridized carbons (Fsp3) is 0.222. The first kappa shape index (κ1) is 13.9. The van der Waals surface area contributed by atoms with Crippen molar-refractivity contribution in [3.8, 4) is 0 Å². The second-order valence-corrected chi connectivity index (χ2v) is 4.86. The fourth-order valence-corrected chi connectivity index (χ4v) is 2.29. The lowest BCUT2D eigenvalue weighted by Crippen LogP contribution is -2.12. The predicted octanol–water partition coefficient (Wildman–Crippen LogP) is 2.33. The first-order chi connectivity index (χ1) is 8.77. The van der Waals surface area contributed by atoms with Crippen LogP contribution in [0.5, 0.6) is 0 Å². The standard InChI is InChI=1S/C9H6ClF3N4OS/c1-17-7(18)15-16-8(17)19-6-3-4(9(11,12)13)2-5(10)14-6/h2-3H,1H3,(H,15,18). The van der Waals surface area contributed by atoms with Crippen molar-refractivity contribution in [3.63, 3.8) is 0 Å². The van der Waals surface area contributed by atoms with Crippen molar-refractivity contribution >= 4 is 23.4 Å². The number of aromatic nitrogens is 4. The highest BCUT2D eigenvalue weighted by atomic mass is 35.5. The highest BCUT2D eigenvalue weighted by Crippen LogP contribution is 2.34. The topological polar surface area (TPSA) is 63.6 Å². The third-order valence-electron chi connectivity index (χ3n) is 2.13. The van der Waals surface area contributed by atoms with Crippen LogP contribution in [0.15, 0.2) is 27.1 Å². The summed E-state index contributed by atoms with van der Waals surface area (Å²) in [6, 6.07) is 1.57. The Labute approximate surface area is 113 Å². The van der Waals surface area contributed by atoms with Crippen LogP contribution in [-0.4, -0.2) is 19.7 Å². The second kappa shape index (κ2) is 4.89. The summed E-state index contributed by atoms with van der Waals surface area (Å²) in [6.07, 6.45) is -4.51. The molecule has 2 heterocycles. The molecule has 5 nitrogen and oxygen atoms in total. The summed E-state index contributed by atoms with van der Waals surface area (Å²) < 4.78 is 38.9. The van der Waals surface area contributed by atoms with Gasteiger partial charge in [-0.2, -0.15) is 13.2 Å². The van der Waals surface area contributed by atoms with Crippen LogP contribution in [0, 0.1) is 0 Å². The van der Waals surface area contributed by atoms with Gasteiger partial charge in [-0.05, 0) is 23.9 Å². The van der Waals surface area contributed by atoms with Crippen molar-refractivity contribution in [3.05, 3.63) is 33.3 Å². The number of aromatic amines is 1. The van der Waals surface area contributed by atoms with Gasteiger partial charge in [0, 0.05) is 7.05 Å². The zero-order chi connectivity index (χ0) is 14.2. The van der Waals surface area contributed by atoms with E-state index in [-0.39, 0.29) is 15.3 Å². The number of halogens is 4. The average Bonchev–Trinajstić information content (AvgIpc) is 2.59. The van der Waals surface area contributed by atoms with Crippen molar-refractivity contribution in [2.45, 2.75) is 16.4 Å². The van der Waals surface area contributed by atoms with Gasteiger partial charge in [0.2, 0.25) is 0 Å². The SMILES string of the molecule is Cn1c(Sc2cc(C(F)(F)F)cc(Cl)n2)n[nH]c1=O. The molecule has 0 aliphatic carbocycles. The predicted molar refractivity (Wildman–Crippen MR) is 62.2 cm³/mol. The van der Waals surface area contributed by atoms with Gasteiger partial charge < -0.3 is 0 Å². The van der Waals surface area contributed by atoms with Crippen LogP contribution in [-0.2, 0) is 13.2 Å². The summed E-state index contributed by atoms with van der Waals surface area (Å²) in [6.45, 7) is 0. The van der Waals surface area contributed by atoms with Gasteiger partial charge in [-0.1, -0.05) is 11.6 Å². The fourth-order valence-electron chi connectivity index (χ4n) is 1.21. The Morgan fingerprint density at radius 3 is 2.63 bits per heavy atom. The minimum atomic E-state index is -4.51. The molecule has 0 amide bonds. The van der Waals surface area contributed by atoms with Gasteiger partial charge in [0.05, 0.1) is 5.56 Å². The summed E-state index contributed by atoms with van der Waals surface area (Å²) >= 11 is 6.35. The van der Waals surface area contributed by atoms with Crippen molar-refractivity contribution in [2.75, 3.05) is 0 Å². The number of nitrogens with zero attached hydrogens (tertiary/aromatic N) is 3. The van der Waals surface area contributed by atoms with E-state index in [1.807, 2.05) is 0 Å². The van der Waals surface area contributed by atoms with E-state index in [9.17, 15) is 18.0 Å². The number of alkyl halides is 3. The zero-order valence-corrected chi connectivity index (χ0v) is 10.9. The van der Waals surface area contributed by atoms with Crippen LogP contribution < -0.4 is 5.69 Å². The molecule has 1 N–H and O–H groups in total. The summed E-state index contributed by atoms with van der Waals surface area (Å²) in [5.41, 5.74) is -1.38. The molecule has 102 valence electrons. The quantitative estimate of drug-likeness (QED) is 0.865. The Morgan fingerprint density at radius 1 is 1.42 bits per heavy atom. The van der Waals surface area contributed by atoms with Crippen LogP contribution in [0.1, 0.15) is 5.56 Å². The largest absolute Gasteiger partial charge is 0.416 e. The van der Waals surface area contributed by atoms with E-state index in [2.05, 4.69) is 15.2 Å². The Bertz CT molecular complexity index is 666. The van der Waals surface area contributed by atoms with E-state index in [4.69, 9.17) is 11.6 Å². The lowest BCUT2D eigenvalue weighted by molar-refractivity contribution is -0.137. The Morgan fingerprint density at radius 2 is 2.11 bits per heavy atom. The molecule has 2 rings (SSSR count). The van der Waals surface area contributed by atoms with Gasteiger partial charge in [-0.15, -0.1) is 5.10 Å². The van der Waals surface area contributed by atoms with Gasteiger partial charge >= 0.3 is 11.9 Å². The minimum Gasteiger partial charge on any atom is -0.273 e. The van der Waals surface area contributed by atoms with Gasteiger partial charge in [0.1, 0.15) is 10.2 Å². The Kier molecular flexibility index (Phi) is 3.59. The molecule has 19 heavy (non-hydrogen) atoms. The monoisotopic (exact) mass is 310 g/mol. The second-order valence-electron chi connectivity index (χ2n) is 3.49. The normalized spacial score (nSPS) is 11.8. The first-order valence-corrected chi connectivity index (χ1v) is 6.01. The summed E-state index contributed by atoms with van der Waals surface area (Å²) in [4.78, 5) is 14.9. The molecule has 0 spiro atoms. The Hall–Kier alpha value is -1.48. The van der Waals surface area contributed by atoms with Gasteiger partial charge in [0.25, 0.3) is 0 Å². The molecule has 2 aromatic rings. The number of nitrogens with one attached hydrogen (secondary N) is 1. The molecule has 2 aromatic heterocycles. The molecular formula is C9H6ClF3N4OS. The van der Waals surface area contributed by atoms with Gasteiger partial charge in [-0.3, -0.25) is 4.57 Å². The molecule has 0 saturated carbocycles. The molecule has 10 heteroatoms. The van der Waals surface area contributed by atoms with E-state index < -0.39 is 17.4 Å². The molecule has 0 atom stereocenters. The van der Waals surface area contributed by atoms with Crippen molar-refractivity contribution in [1.82, 2.24) is 19.7 Å². The lowest BCUT2D eigenvalue weighted by atomic mass is 10.3. The van der Waals surface area contributed by atoms with E-state index in [0.717, 1.165) is 28.5 Å². The molecule has 0 unspecified atom stereocenters. The number of rotatable bonds is 2. The van der Waals surface area contributed by atoms with E-state index >= 15 is 0 Å². The van der Waals surface area contributed by atoms with Crippen LogP contribution in [0.25, 0.3) is 0 Å². The molecule has 0 bridgehead atoms. The summed E-state index contributed by atoms with van der Waals surface area (Å²) in [5.74, 6) is 0. The Balaban J connectivity index is 2.38. The van der Waals surface area contributed by atoms with Gasteiger partial charge in [-0.25, -0.2) is 14.9 Å². The van der Waals surface area contributed by atoms with Crippen LogP contribution >= 0.6 is 23.4 Å². The van der Waals surface area contributed by atoms with E-state index in [0.29, 0.717) is 0 Å². The molecular weight excluding hydrogens is 305 g/mol. The molecule has 0 radical (unpaired) electrons. The number of pyridine rings is 1. The van der Waals surface area contributed by atoms with Crippen LogP contribution in [0.3, 0.4) is 0 Å². The summed E-state index contributed by atoms with van der Waals surface area (Å²) in [7, 11) is 1.43. The molecule has 0 aliphatic rings. The van der Waals surface area contributed by atoms with E-state index in [1.54, 1.807) is 0 Å². The smallest absolute Gasteiger partial charge is 0.273 e. The molecule has 0 aromatic carbocycles. The van der Waals surface area contributed by atoms with Crippen LogP contribution in [0.4, 0.5) is 13.2 Å². The van der Waals surface area contributed by atoms with Crippen molar-refractivity contribution in [1.29, 1.82) is 0 Å². The zero-order valence-electron chi connectivity index (χ0n) is 9.32. The maximum atomic E-state index is 12.6. The van der Waals surface area contributed by atoms with Crippen molar-refractivity contribution in [2.24, 2.45) is 7.05 Å². The maximum absolute atomic E-state index is 12.6. The average molecular weight is 311 g/mol. The van der Waals surface area contributed by atoms with Crippen LogP contribution in [0.2, 0.25) is 5.15 Å². The van der Waals surface area contributed by atoms with Gasteiger partial charge in [0.15, 0.2) is 5.16 Å².